The van der Waals surface area contributed by atoms with Crippen molar-refractivity contribution in [3.63, 3.8) is 0 Å². The predicted octanol–water partition coefficient (Wildman–Crippen LogP) is 3.63. The van der Waals surface area contributed by atoms with Gasteiger partial charge in [0.15, 0.2) is 0 Å². The quantitative estimate of drug-likeness (QED) is 0.794. The number of aryl methyl sites for hydroxylation is 1. The summed E-state index contributed by atoms with van der Waals surface area (Å²) < 4.78 is 0.863. The van der Waals surface area contributed by atoms with Crippen LogP contribution >= 0.6 is 24.0 Å². The second-order valence-electron chi connectivity index (χ2n) is 6.15. The Balaban J connectivity index is 1.70. The number of hydrogen-bond donors (Lipinski definition) is 1. The van der Waals surface area contributed by atoms with Crippen LogP contribution in [0.2, 0.25) is 0 Å². The minimum atomic E-state index is -0.137. The van der Waals surface area contributed by atoms with E-state index in [4.69, 9.17) is 12.2 Å². The van der Waals surface area contributed by atoms with E-state index in [0.29, 0.717) is 0 Å². The molecule has 1 N–H and O–H groups in total. The summed E-state index contributed by atoms with van der Waals surface area (Å²) in [6, 6.07) is 10.6. The molecule has 1 amide bonds. The number of likely N-dealkylation sites (tertiary alicyclic amines) is 1. The average Bonchev–Trinajstić information content (AvgIpc) is 3.08. The molecule has 1 fully saturated rings. The first-order valence-electron chi connectivity index (χ1n) is 8.36. The van der Waals surface area contributed by atoms with E-state index in [2.05, 4.69) is 41.4 Å². The number of hydrogen-bond acceptors (Lipinski definition) is 3. The highest BCUT2D eigenvalue weighted by Crippen LogP contribution is 2.20. The lowest BCUT2D eigenvalue weighted by Crippen LogP contribution is -2.39. The van der Waals surface area contributed by atoms with Gasteiger partial charge in [-0.3, -0.25) is 4.79 Å². The summed E-state index contributed by atoms with van der Waals surface area (Å²) in [6.07, 6.45) is 4.34. The van der Waals surface area contributed by atoms with E-state index in [0.717, 1.165) is 30.3 Å². The zero-order chi connectivity index (χ0) is 16.7. The summed E-state index contributed by atoms with van der Waals surface area (Å²) in [7, 11) is 0. The molecule has 5 heteroatoms. The van der Waals surface area contributed by atoms with Gasteiger partial charge in [0.25, 0.3) is 0 Å². The van der Waals surface area contributed by atoms with Crippen molar-refractivity contribution in [2.75, 3.05) is 13.1 Å². The molecule has 0 aromatic heterocycles. The fraction of sp³-hybridized carbons (Fsp3) is 0.556. The van der Waals surface area contributed by atoms with Crippen LogP contribution in [0.3, 0.4) is 0 Å². The van der Waals surface area contributed by atoms with E-state index in [9.17, 15) is 4.79 Å². The molecule has 23 heavy (non-hydrogen) atoms. The fourth-order valence-corrected chi connectivity index (χ4v) is 4.06. The number of carbonyl (C=O) groups is 1. The number of thioether (sulfide) groups is 1. The zero-order valence-electron chi connectivity index (χ0n) is 14.0. The number of amides is 1. The highest BCUT2D eigenvalue weighted by Gasteiger charge is 2.22. The molecule has 2 atom stereocenters. The Kier molecular flexibility index (Phi) is 7.37. The summed E-state index contributed by atoms with van der Waals surface area (Å²) >= 11 is 6.95. The van der Waals surface area contributed by atoms with Crippen LogP contribution in [0.4, 0.5) is 0 Å². The van der Waals surface area contributed by atoms with Crippen molar-refractivity contribution < 1.29 is 4.79 Å². The maximum atomic E-state index is 12.3. The zero-order valence-corrected chi connectivity index (χ0v) is 15.6. The maximum absolute atomic E-state index is 12.3. The van der Waals surface area contributed by atoms with Gasteiger partial charge >= 0.3 is 0 Å². The molecule has 1 heterocycles. The number of nitrogens with zero attached hydrogens (tertiary/aromatic N) is 1. The van der Waals surface area contributed by atoms with Gasteiger partial charge in [-0.15, -0.1) is 0 Å². The molecule has 1 aliphatic heterocycles. The highest BCUT2D eigenvalue weighted by molar-refractivity contribution is 8.23. The van der Waals surface area contributed by atoms with Crippen LogP contribution in [-0.4, -0.2) is 39.5 Å². The van der Waals surface area contributed by atoms with E-state index in [1.165, 1.54) is 30.2 Å². The lowest BCUT2D eigenvalue weighted by molar-refractivity contribution is -0.120. The topological polar surface area (TPSA) is 32.3 Å². The molecule has 2 rings (SSSR count). The van der Waals surface area contributed by atoms with Crippen molar-refractivity contribution >= 4 is 34.2 Å². The molecule has 0 unspecified atom stereocenters. The van der Waals surface area contributed by atoms with E-state index in [-0.39, 0.29) is 17.2 Å². The Morgan fingerprint density at radius 1 is 1.26 bits per heavy atom. The Morgan fingerprint density at radius 3 is 2.57 bits per heavy atom. The summed E-state index contributed by atoms with van der Waals surface area (Å²) in [6.45, 7) is 6.07. The third-order valence-corrected chi connectivity index (χ3v) is 5.68. The molecule has 0 saturated carbocycles. The van der Waals surface area contributed by atoms with Gasteiger partial charge in [-0.05, 0) is 45.1 Å². The SMILES string of the molecule is C[C@H](SC(=S)N1CCCC1)C(=O)N[C@@H](C)CCc1ccccc1. The summed E-state index contributed by atoms with van der Waals surface area (Å²) in [5.74, 6) is 0.0807. The minimum absolute atomic E-state index is 0.0807. The average molecular weight is 351 g/mol. The number of rotatable bonds is 6. The van der Waals surface area contributed by atoms with Gasteiger partial charge in [-0.2, -0.15) is 0 Å². The summed E-state index contributed by atoms with van der Waals surface area (Å²) in [5, 5.41) is 2.97. The summed E-state index contributed by atoms with van der Waals surface area (Å²) in [4.78, 5) is 14.5. The lowest BCUT2D eigenvalue weighted by atomic mass is 10.1. The van der Waals surface area contributed by atoms with Crippen molar-refractivity contribution in [1.29, 1.82) is 0 Å². The van der Waals surface area contributed by atoms with Crippen molar-refractivity contribution in [3.8, 4) is 0 Å². The molecule has 0 bridgehead atoms. The van der Waals surface area contributed by atoms with Crippen LogP contribution < -0.4 is 5.32 Å². The summed E-state index contributed by atoms with van der Waals surface area (Å²) in [5.41, 5.74) is 1.31. The molecular formula is C18H26N2OS2. The van der Waals surface area contributed by atoms with Crippen LogP contribution in [0, 0.1) is 0 Å². The van der Waals surface area contributed by atoms with E-state index >= 15 is 0 Å². The fourth-order valence-electron chi connectivity index (χ4n) is 2.64. The second-order valence-corrected chi connectivity index (χ2v) is 8.13. The van der Waals surface area contributed by atoms with Crippen LogP contribution in [0.15, 0.2) is 30.3 Å². The second kappa shape index (κ2) is 9.28. The number of benzene rings is 1. The molecule has 1 aromatic carbocycles. The number of nitrogens with one attached hydrogen (secondary N) is 1. The number of thiocarbonyl (C=S) groups is 1. The van der Waals surface area contributed by atoms with Gasteiger partial charge in [-0.1, -0.05) is 54.3 Å². The molecular weight excluding hydrogens is 324 g/mol. The largest absolute Gasteiger partial charge is 0.358 e. The van der Waals surface area contributed by atoms with Crippen molar-refractivity contribution in [1.82, 2.24) is 10.2 Å². The van der Waals surface area contributed by atoms with Crippen LogP contribution in [0.1, 0.15) is 38.7 Å². The molecule has 0 aliphatic carbocycles. The molecule has 1 aromatic rings. The standard InChI is InChI=1S/C18H26N2OS2/c1-14(10-11-16-8-4-3-5-9-16)19-17(21)15(2)23-18(22)20-12-6-7-13-20/h3-5,8-9,14-15H,6-7,10-13H2,1-2H3,(H,19,21)/t14-,15-/m0/s1. The molecule has 1 saturated heterocycles. The van der Waals surface area contributed by atoms with Gasteiger partial charge < -0.3 is 10.2 Å². The first-order chi connectivity index (χ1) is 11.1. The Morgan fingerprint density at radius 2 is 1.91 bits per heavy atom. The van der Waals surface area contributed by atoms with Crippen LogP contribution in [-0.2, 0) is 11.2 Å². The van der Waals surface area contributed by atoms with Crippen molar-refractivity contribution in [2.24, 2.45) is 0 Å². The third-order valence-electron chi connectivity index (χ3n) is 4.11. The van der Waals surface area contributed by atoms with E-state index in [1.807, 2.05) is 13.0 Å². The van der Waals surface area contributed by atoms with E-state index < -0.39 is 0 Å². The monoisotopic (exact) mass is 350 g/mol. The molecule has 3 nitrogen and oxygen atoms in total. The van der Waals surface area contributed by atoms with Gasteiger partial charge in [0.05, 0.1) is 5.25 Å². The van der Waals surface area contributed by atoms with Gasteiger partial charge in [0.1, 0.15) is 4.32 Å². The third kappa shape index (κ3) is 6.15. The normalized spacial score (nSPS) is 16.9. The van der Waals surface area contributed by atoms with E-state index in [1.54, 1.807) is 0 Å². The first-order valence-corrected chi connectivity index (χ1v) is 9.65. The Hall–Kier alpha value is -1.07. The Bertz CT molecular complexity index is 515. The van der Waals surface area contributed by atoms with Crippen molar-refractivity contribution in [3.05, 3.63) is 35.9 Å². The molecule has 126 valence electrons. The van der Waals surface area contributed by atoms with Crippen molar-refractivity contribution in [2.45, 2.75) is 50.8 Å². The lowest BCUT2D eigenvalue weighted by Gasteiger charge is -2.21. The van der Waals surface area contributed by atoms with Gasteiger partial charge in [0, 0.05) is 19.1 Å². The number of carbonyl (C=O) groups excluding carboxylic acids is 1. The maximum Gasteiger partial charge on any atom is 0.233 e. The predicted molar refractivity (Wildman–Crippen MR) is 103 cm³/mol. The Labute approximate surface area is 149 Å². The smallest absolute Gasteiger partial charge is 0.233 e. The first kappa shape index (κ1) is 18.3. The van der Waals surface area contributed by atoms with Crippen LogP contribution in [0.5, 0.6) is 0 Å². The minimum Gasteiger partial charge on any atom is -0.358 e. The molecule has 0 radical (unpaired) electrons. The molecule has 0 spiro atoms. The highest BCUT2D eigenvalue weighted by atomic mass is 32.2. The molecule has 1 aliphatic rings. The van der Waals surface area contributed by atoms with Crippen LogP contribution in [0.25, 0.3) is 0 Å². The van der Waals surface area contributed by atoms with Gasteiger partial charge in [0.2, 0.25) is 5.91 Å². The van der Waals surface area contributed by atoms with Gasteiger partial charge in [-0.25, -0.2) is 0 Å².